The highest BCUT2D eigenvalue weighted by Gasteiger charge is 2.79. The molecule has 0 unspecified atom stereocenters. The van der Waals surface area contributed by atoms with E-state index in [2.05, 4.69) is 10.1 Å². The van der Waals surface area contributed by atoms with E-state index in [1.807, 2.05) is 0 Å². The fourth-order valence-electron chi connectivity index (χ4n) is 10.4. The van der Waals surface area contributed by atoms with Crippen LogP contribution >= 0.6 is 69.6 Å². The van der Waals surface area contributed by atoms with Crippen molar-refractivity contribution in [3.8, 4) is 0 Å². The topological polar surface area (TPSA) is 255 Å². The zero-order valence-electron chi connectivity index (χ0n) is 41.8. The summed E-state index contributed by atoms with van der Waals surface area (Å²) < 4.78 is 88.0. The predicted molar refractivity (Wildman–Crippen MR) is 265 cm³/mol. The number of halogens is 9. The molecule has 2 aromatic rings. The number of fused-ring (bicyclic) bond motifs is 5. The molecule has 0 radical (unpaired) electrons. The summed E-state index contributed by atoms with van der Waals surface area (Å²) in [6, 6.07) is 12.3. The molecule has 2 saturated carbocycles. The van der Waals surface area contributed by atoms with E-state index in [1.54, 1.807) is 6.07 Å². The number of aliphatic hydroxyl groups is 2. The third kappa shape index (κ3) is 12.8. The van der Waals surface area contributed by atoms with Gasteiger partial charge in [0.05, 0.1) is 29.5 Å². The van der Waals surface area contributed by atoms with Crippen LogP contribution in [0.4, 0.5) is 27.6 Å². The Bertz CT molecular complexity index is 2630. The number of benzene rings is 2. The van der Waals surface area contributed by atoms with Gasteiger partial charge in [0.1, 0.15) is 43.2 Å². The Morgan fingerprint density at radius 2 is 1.38 bits per heavy atom. The Hall–Kier alpha value is -4.52. The number of hydrogen-bond acceptors (Lipinski definition) is 18. The first-order valence-corrected chi connectivity index (χ1v) is 25.5. The van der Waals surface area contributed by atoms with E-state index < -0.39 is 165 Å². The van der Waals surface area contributed by atoms with E-state index in [-0.39, 0.29) is 22.3 Å². The van der Waals surface area contributed by atoms with Gasteiger partial charge in [-0.15, -0.1) is 0 Å². The molecule has 1 heterocycles. The zero-order chi connectivity index (χ0) is 57.6. The number of aliphatic hydroxyl groups excluding tert-OH is 1. The minimum Gasteiger partial charge on any atom is -0.456 e. The molecule has 6 rings (SSSR count). The van der Waals surface area contributed by atoms with Crippen LogP contribution in [-0.2, 0) is 57.0 Å². The molecule has 28 heteroatoms. The number of Topliss-reactive ketones (excluding diaryl/α,β-unsaturated/α-hetero) is 1. The van der Waals surface area contributed by atoms with Gasteiger partial charge >= 0.3 is 42.5 Å². The number of carbonyl (C=O) groups excluding carboxylic acids is 7. The lowest BCUT2D eigenvalue weighted by Gasteiger charge is -2.67. The van der Waals surface area contributed by atoms with Gasteiger partial charge in [0, 0.05) is 25.2 Å². The average molecular weight is 1210 g/mol. The first kappa shape index (κ1) is 61.7. The van der Waals surface area contributed by atoms with E-state index >= 15 is 4.79 Å². The van der Waals surface area contributed by atoms with Gasteiger partial charge in [0.15, 0.2) is 23.6 Å². The summed E-state index contributed by atoms with van der Waals surface area (Å²) in [6.45, 7) is 4.90. The molecule has 3 N–H and O–H groups in total. The maximum atomic E-state index is 16.3. The van der Waals surface area contributed by atoms with Crippen molar-refractivity contribution in [1.29, 1.82) is 0 Å². The van der Waals surface area contributed by atoms with Crippen molar-refractivity contribution in [2.45, 2.75) is 135 Å². The second kappa shape index (κ2) is 22.6. The number of esters is 3. The third-order valence-electron chi connectivity index (χ3n) is 14.3. The van der Waals surface area contributed by atoms with Gasteiger partial charge in [0.2, 0.25) is 13.2 Å². The van der Waals surface area contributed by atoms with E-state index in [4.69, 9.17) is 108 Å². The highest BCUT2D eigenvalue weighted by atomic mass is 35.6. The molecule has 1 aliphatic heterocycles. The highest BCUT2D eigenvalue weighted by molar-refractivity contribution is 6.68. The quantitative estimate of drug-likeness (QED) is 0.0732. The van der Waals surface area contributed by atoms with Crippen LogP contribution in [0.1, 0.15) is 83.3 Å². The minimum atomic E-state index is -5.07. The Morgan fingerprint density at radius 1 is 0.831 bits per heavy atom. The largest absolute Gasteiger partial charge is 0.509 e. The number of alkyl carbamates (subject to hydrolysis) is 1. The van der Waals surface area contributed by atoms with Crippen molar-refractivity contribution in [2.75, 3.05) is 19.8 Å². The first-order valence-electron chi connectivity index (χ1n) is 23.2. The van der Waals surface area contributed by atoms with Crippen LogP contribution in [0, 0.1) is 16.7 Å². The summed E-state index contributed by atoms with van der Waals surface area (Å²) in [4.78, 5) is 99.3. The Kier molecular flexibility index (Phi) is 18.1. The van der Waals surface area contributed by atoms with E-state index in [9.17, 15) is 52.2 Å². The van der Waals surface area contributed by atoms with Gasteiger partial charge < -0.3 is 58.2 Å². The Balaban J connectivity index is 1.59. The number of hydrogen-bond donors (Lipinski definition) is 3. The Labute approximate surface area is 468 Å². The number of alkyl halides is 9. The molecule has 0 spiro atoms. The summed E-state index contributed by atoms with van der Waals surface area (Å²) in [7, 11) is 0. The molecule has 0 aromatic heterocycles. The lowest BCUT2D eigenvalue weighted by atomic mass is 9.44. The molecule has 1 saturated heterocycles. The van der Waals surface area contributed by atoms with Crippen LogP contribution in [0.3, 0.4) is 0 Å². The number of rotatable bonds is 13. The Morgan fingerprint density at radius 3 is 1.88 bits per heavy atom. The van der Waals surface area contributed by atoms with Crippen LogP contribution in [0.15, 0.2) is 71.8 Å². The number of ether oxygens (including phenoxy) is 9. The van der Waals surface area contributed by atoms with Crippen LogP contribution in [-0.4, -0.2) is 139 Å². The van der Waals surface area contributed by atoms with Gasteiger partial charge in [-0.3, -0.25) is 9.59 Å². The van der Waals surface area contributed by atoms with Gasteiger partial charge in [-0.25, -0.2) is 24.0 Å². The molecule has 77 heavy (non-hydrogen) atoms. The normalized spacial score (nSPS) is 28.7. The molecular formula is C49H52Cl6F3NO18. The van der Waals surface area contributed by atoms with Crippen molar-refractivity contribution >= 4 is 112 Å². The molecule has 3 aliphatic carbocycles. The molecule has 3 fully saturated rings. The lowest BCUT2D eigenvalue weighted by molar-refractivity contribution is -0.346. The molecular weight excluding hydrogens is 1160 g/mol. The molecule has 2 aromatic carbocycles. The monoisotopic (exact) mass is 1210 g/mol. The van der Waals surface area contributed by atoms with Crippen LogP contribution < -0.4 is 5.32 Å². The van der Waals surface area contributed by atoms with Crippen LogP contribution in [0.5, 0.6) is 0 Å². The van der Waals surface area contributed by atoms with Gasteiger partial charge in [-0.2, -0.15) is 13.2 Å². The zero-order valence-corrected chi connectivity index (χ0v) is 46.3. The minimum absolute atomic E-state index is 0.0414. The maximum absolute atomic E-state index is 16.3. The van der Waals surface area contributed by atoms with Crippen molar-refractivity contribution in [2.24, 2.45) is 16.7 Å². The third-order valence-corrected chi connectivity index (χ3v) is 15.0. The summed E-state index contributed by atoms with van der Waals surface area (Å²) in [5.74, 6) is -6.89. The smallest absolute Gasteiger partial charge is 0.456 e. The predicted octanol–water partition coefficient (Wildman–Crippen LogP) is 8.86. The molecule has 4 aliphatic rings. The molecule has 19 nitrogen and oxygen atoms in total. The number of amides is 1. The average Bonchev–Trinajstić information content (AvgIpc) is 3.31. The fraction of sp³-hybridized carbons (Fsp3) is 0.571. The number of ketones is 1. The number of carbonyl (C=O) groups is 7. The SMILES string of the molecule is CC(=O)O[C@@]12CO[C@@H]1C[C@H](OC(=O)OCC(Cl)(Cl)Cl)[C@@]1(C)C(=O)[C@H](OC(=O)OCC(Cl)(Cl)Cl)C3=C(C)[C@@H](OC(=O)[C@H](O)[C@@H](NC(=O)OC(C)(C)C(F)(F)F)c4ccccc4)C[C@@](O)([C@@H](OC(=O)c4ccccc4)[C@H]21)C3(C)C. The second-order valence-electron chi connectivity index (χ2n) is 20.0. The highest BCUT2D eigenvalue weighted by Crippen LogP contribution is 2.65. The van der Waals surface area contributed by atoms with E-state index in [1.165, 1.54) is 82.3 Å². The molecule has 2 bridgehead atoms. The summed E-state index contributed by atoms with van der Waals surface area (Å²) in [5, 5.41) is 27.9. The lowest BCUT2D eigenvalue weighted by Crippen LogP contribution is -2.82. The maximum Gasteiger partial charge on any atom is 0.509 e. The van der Waals surface area contributed by atoms with Crippen molar-refractivity contribution in [3.63, 3.8) is 0 Å². The van der Waals surface area contributed by atoms with Gasteiger partial charge in [-0.1, -0.05) is 132 Å². The first-order chi connectivity index (χ1) is 35.4. The summed E-state index contributed by atoms with van der Waals surface area (Å²) in [5.41, 5.74) is -13.2. The number of nitrogens with one attached hydrogen (secondary N) is 1. The van der Waals surface area contributed by atoms with E-state index in [0.717, 1.165) is 6.92 Å². The van der Waals surface area contributed by atoms with Gasteiger partial charge in [0.25, 0.3) is 0 Å². The standard InChI is InChI=1S/C49H52Cl6F3NO18/c1-23-27(72-38(64)32(61)31(25-14-10-8-11-15-25)59-39(65)77-43(5,6)49(56,57)58)19-46(68)36(75-37(63)26-16-12-9-13-17-26)34-44(7,35(62)33(30(23)42(46,3)4)74-41(67)71-22-48(53,54)55)28(73-40(66)70-21-47(50,51)52)18-29-45(34,20-69-29)76-24(2)60/h8-17,27-29,31-34,36,61,68H,18-22H2,1-7H3,(H,59,65)/t27-,28-,29+,31-,32+,33+,34-,36-,44+,45-,46+/m0/s1. The van der Waals surface area contributed by atoms with Crippen LogP contribution in [0.25, 0.3) is 0 Å². The molecule has 1 amide bonds. The van der Waals surface area contributed by atoms with Crippen molar-refractivity contribution < 1.29 is 99.6 Å². The van der Waals surface area contributed by atoms with Crippen LogP contribution in [0.2, 0.25) is 0 Å². The van der Waals surface area contributed by atoms with Gasteiger partial charge in [-0.05, 0) is 56.5 Å². The summed E-state index contributed by atoms with van der Waals surface area (Å²) >= 11 is 35.2. The van der Waals surface area contributed by atoms with E-state index in [0.29, 0.717) is 13.8 Å². The summed E-state index contributed by atoms with van der Waals surface area (Å²) in [6.07, 6.45) is -23.4. The second-order valence-corrected chi connectivity index (χ2v) is 25.0. The molecule has 424 valence electrons. The van der Waals surface area contributed by atoms with Crippen molar-refractivity contribution in [1.82, 2.24) is 5.32 Å². The molecule has 11 atom stereocenters. The van der Waals surface area contributed by atoms with Crippen molar-refractivity contribution in [3.05, 3.63) is 82.9 Å². The fourth-order valence-corrected chi connectivity index (χ4v) is 10.7.